The molecule has 7 nitrogen and oxygen atoms in total. The van der Waals surface area contributed by atoms with E-state index in [0.29, 0.717) is 22.3 Å². The van der Waals surface area contributed by atoms with Gasteiger partial charge in [0.25, 0.3) is 0 Å². The van der Waals surface area contributed by atoms with Crippen molar-refractivity contribution < 1.29 is 5.11 Å². The molecular formula is C20H29ClN6OS. The van der Waals surface area contributed by atoms with Gasteiger partial charge in [0.2, 0.25) is 5.95 Å². The molecule has 0 aliphatic carbocycles. The molecule has 29 heavy (non-hydrogen) atoms. The predicted molar refractivity (Wildman–Crippen MR) is 125 cm³/mol. The van der Waals surface area contributed by atoms with Crippen LogP contribution in [0.15, 0.2) is 30.6 Å². The minimum absolute atomic E-state index is 0. The second kappa shape index (κ2) is 10.1. The SMILES string of the molecule is CCC(C)[C@@H](CO)Nc1nc(Nc2cccc(Cl)c2)c2ncn(C(C)C)c2n1.S. The summed E-state index contributed by atoms with van der Waals surface area (Å²) in [6.07, 6.45) is 2.72. The maximum Gasteiger partial charge on any atom is 0.227 e. The molecule has 0 saturated carbocycles. The Morgan fingerprint density at radius 2 is 1.97 bits per heavy atom. The van der Waals surface area contributed by atoms with E-state index in [1.54, 1.807) is 6.33 Å². The molecule has 0 aliphatic rings. The molecule has 1 aromatic carbocycles. The molecule has 158 valence electrons. The molecule has 0 saturated heterocycles. The molecule has 0 radical (unpaired) electrons. The number of benzene rings is 1. The molecule has 2 heterocycles. The summed E-state index contributed by atoms with van der Waals surface area (Å²) in [7, 11) is 0. The first kappa shape index (κ1) is 23.3. The van der Waals surface area contributed by atoms with Crippen LogP contribution in [0.25, 0.3) is 11.2 Å². The van der Waals surface area contributed by atoms with E-state index in [4.69, 9.17) is 11.6 Å². The van der Waals surface area contributed by atoms with Crippen LogP contribution in [0.2, 0.25) is 5.02 Å². The van der Waals surface area contributed by atoms with Gasteiger partial charge in [0.15, 0.2) is 17.0 Å². The average Bonchev–Trinajstić information content (AvgIpc) is 3.10. The zero-order valence-electron chi connectivity index (χ0n) is 17.1. The summed E-state index contributed by atoms with van der Waals surface area (Å²) < 4.78 is 2.00. The van der Waals surface area contributed by atoms with Gasteiger partial charge in [-0.05, 0) is 38.0 Å². The number of nitrogens with zero attached hydrogens (tertiary/aromatic N) is 4. The lowest BCUT2D eigenvalue weighted by Crippen LogP contribution is -2.31. The average molecular weight is 437 g/mol. The minimum Gasteiger partial charge on any atom is -0.394 e. The van der Waals surface area contributed by atoms with Gasteiger partial charge in [-0.15, -0.1) is 0 Å². The third-order valence-electron chi connectivity index (χ3n) is 4.91. The lowest BCUT2D eigenvalue weighted by atomic mass is 10.0. The van der Waals surface area contributed by atoms with Crippen molar-refractivity contribution in [3.8, 4) is 0 Å². The van der Waals surface area contributed by atoms with E-state index in [-0.39, 0.29) is 38.1 Å². The molecule has 3 aromatic rings. The summed E-state index contributed by atoms with van der Waals surface area (Å²) in [5.41, 5.74) is 2.24. The van der Waals surface area contributed by atoms with Gasteiger partial charge in [-0.2, -0.15) is 23.5 Å². The number of hydrogen-bond donors (Lipinski definition) is 3. The third kappa shape index (κ3) is 5.32. The number of anilines is 3. The molecule has 0 fully saturated rings. The lowest BCUT2D eigenvalue weighted by Gasteiger charge is -2.22. The fourth-order valence-electron chi connectivity index (χ4n) is 2.97. The van der Waals surface area contributed by atoms with Crippen molar-refractivity contribution in [2.24, 2.45) is 5.92 Å². The summed E-state index contributed by atoms with van der Waals surface area (Å²) in [6, 6.07) is 7.52. The highest BCUT2D eigenvalue weighted by Crippen LogP contribution is 2.27. The van der Waals surface area contributed by atoms with Gasteiger partial charge < -0.3 is 20.3 Å². The van der Waals surface area contributed by atoms with E-state index in [1.807, 2.05) is 28.8 Å². The molecule has 0 bridgehead atoms. The maximum absolute atomic E-state index is 9.77. The van der Waals surface area contributed by atoms with Crippen LogP contribution in [0.1, 0.15) is 40.2 Å². The second-order valence-corrected chi connectivity index (χ2v) is 7.70. The van der Waals surface area contributed by atoms with Crippen molar-refractivity contribution in [2.45, 2.75) is 46.2 Å². The standard InChI is InChI=1S/C20H27ClN6O.H2S/c1-5-13(4)16(10-28)24-20-25-18(23-15-8-6-7-14(21)9-15)17-19(26-20)27(11-22-17)12(2)3;/h6-9,11-13,16,28H,5,10H2,1-4H3,(H2,23,24,25,26);1H2/t13?,16-;/m1./s1. The number of nitrogens with one attached hydrogen (secondary N) is 2. The molecule has 3 N–H and O–H groups in total. The Morgan fingerprint density at radius 1 is 1.21 bits per heavy atom. The number of aromatic nitrogens is 4. The maximum atomic E-state index is 9.77. The zero-order valence-corrected chi connectivity index (χ0v) is 18.9. The smallest absolute Gasteiger partial charge is 0.227 e. The molecule has 0 spiro atoms. The van der Waals surface area contributed by atoms with Crippen LogP contribution < -0.4 is 10.6 Å². The van der Waals surface area contributed by atoms with Crippen LogP contribution in [-0.2, 0) is 0 Å². The lowest BCUT2D eigenvalue weighted by molar-refractivity contribution is 0.240. The van der Waals surface area contributed by atoms with Gasteiger partial charge in [-0.25, -0.2) is 4.98 Å². The Labute approximate surface area is 183 Å². The van der Waals surface area contributed by atoms with E-state index in [2.05, 4.69) is 53.3 Å². The number of fused-ring (bicyclic) bond motifs is 1. The van der Waals surface area contributed by atoms with E-state index >= 15 is 0 Å². The molecule has 2 atom stereocenters. The topological polar surface area (TPSA) is 87.9 Å². The Kier molecular flexibility index (Phi) is 8.13. The number of aliphatic hydroxyl groups excluding tert-OH is 1. The third-order valence-corrected chi connectivity index (χ3v) is 5.14. The number of imidazole rings is 1. The van der Waals surface area contributed by atoms with Crippen LogP contribution in [0, 0.1) is 5.92 Å². The van der Waals surface area contributed by atoms with Gasteiger partial charge in [0.1, 0.15) is 0 Å². The van der Waals surface area contributed by atoms with Crippen LogP contribution in [0.3, 0.4) is 0 Å². The van der Waals surface area contributed by atoms with Crippen molar-refractivity contribution in [3.05, 3.63) is 35.6 Å². The van der Waals surface area contributed by atoms with Gasteiger partial charge >= 0.3 is 0 Å². The fourth-order valence-corrected chi connectivity index (χ4v) is 3.16. The number of halogens is 1. The van der Waals surface area contributed by atoms with Crippen LogP contribution in [-0.4, -0.2) is 37.3 Å². The van der Waals surface area contributed by atoms with E-state index in [9.17, 15) is 5.11 Å². The fraction of sp³-hybridized carbons (Fsp3) is 0.450. The molecular weight excluding hydrogens is 408 g/mol. The number of hydrogen-bond acceptors (Lipinski definition) is 6. The molecule has 2 aromatic heterocycles. The molecule has 3 rings (SSSR count). The number of rotatable bonds is 8. The first-order valence-electron chi connectivity index (χ1n) is 9.57. The first-order chi connectivity index (χ1) is 13.4. The van der Waals surface area contributed by atoms with Crippen molar-refractivity contribution in [1.29, 1.82) is 0 Å². The van der Waals surface area contributed by atoms with E-state index < -0.39 is 0 Å². The molecule has 1 unspecified atom stereocenters. The summed E-state index contributed by atoms with van der Waals surface area (Å²) >= 11 is 6.11. The van der Waals surface area contributed by atoms with Crippen molar-refractivity contribution in [1.82, 2.24) is 19.5 Å². The Bertz CT molecular complexity index is 948. The highest BCUT2D eigenvalue weighted by molar-refractivity contribution is 7.59. The summed E-state index contributed by atoms with van der Waals surface area (Å²) in [5.74, 6) is 1.33. The molecule has 9 heteroatoms. The van der Waals surface area contributed by atoms with Crippen LogP contribution >= 0.6 is 25.1 Å². The van der Waals surface area contributed by atoms with E-state index in [0.717, 1.165) is 17.8 Å². The van der Waals surface area contributed by atoms with E-state index in [1.165, 1.54) is 0 Å². The molecule has 0 aliphatic heterocycles. The largest absolute Gasteiger partial charge is 0.394 e. The van der Waals surface area contributed by atoms with Crippen molar-refractivity contribution >= 4 is 53.7 Å². The van der Waals surface area contributed by atoms with Gasteiger partial charge in [-0.1, -0.05) is 37.9 Å². The van der Waals surface area contributed by atoms with Crippen LogP contribution in [0.5, 0.6) is 0 Å². The van der Waals surface area contributed by atoms with Crippen molar-refractivity contribution in [3.63, 3.8) is 0 Å². The second-order valence-electron chi connectivity index (χ2n) is 7.27. The van der Waals surface area contributed by atoms with Gasteiger partial charge in [-0.3, -0.25) is 0 Å². The number of aliphatic hydroxyl groups is 1. The quantitative estimate of drug-likeness (QED) is 0.472. The zero-order chi connectivity index (χ0) is 20.3. The van der Waals surface area contributed by atoms with Gasteiger partial charge in [0, 0.05) is 16.8 Å². The predicted octanol–water partition coefficient (Wildman–Crippen LogP) is 4.74. The minimum atomic E-state index is -0.128. The Balaban J connectivity index is 0.00000300. The summed E-state index contributed by atoms with van der Waals surface area (Å²) in [5, 5.41) is 17.0. The van der Waals surface area contributed by atoms with Crippen LogP contribution in [0.4, 0.5) is 17.5 Å². The van der Waals surface area contributed by atoms with Crippen molar-refractivity contribution in [2.75, 3.05) is 17.2 Å². The Hall–Kier alpha value is -2.03. The summed E-state index contributed by atoms with van der Waals surface area (Å²) in [6.45, 7) is 8.36. The highest BCUT2D eigenvalue weighted by atomic mass is 35.5. The van der Waals surface area contributed by atoms with Gasteiger partial charge in [0.05, 0.1) is 19.0 Å². The normalized spacial score (nSPS) is 13.2. The first-order valence-corrected chi connectivity index (χ1v) is 9.95. The Morgan fingerprint density at radius 3 is 2.59 bits per heavy atom. The monoisotopic (exact) mass is 436 g/mol. The summed E-state index contributed by atoms with van der Waals surface area (Å²) in [4.78, 5) is 13.8. The highest BCUT2D eigenvalue weighted by Gasteiger charge is 2.19. The molecule has 0 amide bonds.